The summed E-state index contributed by atoms with van der Waals surface area (Å²) >= 11 is 4.55. The fraction of sp³-hybridized carbons (Fsp3) is 0.600. The predicted octanol–water partition coefficient (Wildman–Crippen LogP) is 5.09. The summed E-state index contributed by atoms with van der Waals surface area (Å²) < 4.78 is 0. The van der Waals surface area contributed by atoms with Crippen LogP contribution in [-0.4, -0.2) is 0 Å². The normalized spacial score (nSPS) is 12.1. The van der Waals surface area contributed by atoms with Gasteiger partial charge in [-0.15, -0.1) is 0 Å². The first-order valence-corrected chi connectivity index (χ1v) is 8.50. The van der Waals surface area contributed by atoms with Gasteiger partial charge in [-0.3, -0.25) is 0 Å². The molecule has 1 rings (SSSR count). The first-order chi connectivity index (χ1) is 7.88. The Balaban J connectivity index is 3.51. The molecule has 0 saturated heterocycles. The van der Waals surface area contributed by atoms with Crippen molar-refractivity contribution in [3.8, 4) is 0 Å². The van der Waals surface area contributed by atoms with Gasteiger partial charge in [-0.25, -0.2) is 0 Å². The van der Waals surface area contributed by atoms with Gasteiger partial charge < -0.3 is 0 Å². The molecule has 17 heavy (non-hydrogen) atoms. The molecule has 1 aromatic carbocycles. The molecule has 0 aliphatic rings. The van der Waals surface area contributed by atoms with Gasteiger partial charge in [0.25, 0.3) is 0 Å². The molecule has 0 fully saturated rings. The molecule has 2 heteroatoms. The van der Waals surface area contributed by atoms with Crippen LogP contribution in [0.2, 0.25) is 0 Å². The van der Waals surface area contributed by atoms with Crippen molar-refractivity contribution in [1.82, 2.24) is 0 Å². The molecular weight excluding hydrogens is 270 g/mol. The third-order valence-corrected chi connectivity index (χ3v) is 4.54. The molecule has 0 radical (unpaired) electrons. The van der Waals surface area contributed by atoms with Crippen molar-refractivity contribution in [2.75, 3.05) is 0 Å². The van der Waals surface area contributed by atoms with E-state index < -0.39 is 0 Å². The quantitative estimate of drug-likeness (QED) is 0.678. The van der Waals surface area contributed by atoms with Gasteiger partial charge >= 0.3 is 115 Å². The Morgan fingerprint density at radius 2 is 1.24 bits per heavy atom. The first kappa shape index (κ1) is 15.1. The van der Waals surface area contributed by atoms with Crippen molar-refractivity contribution >= 4 is 12.2 Å². The van der Waals surface area contributed by atoms with Crippen LogP contribution < -0.4 is 5.30 Å². The third kappa shape index (κ3) is 3.50. The monoisotopic (exact) mass is 293 g/mol. The average Bonchev–Trinajstić information content (AvgIpc) is 2.26. The van der Waals surface area contributed by atoms with E-state index in [9.17, 15) is 0 Å². The molecule has 0 aromatic heterocycles. The summed E-state index contributed by atoms with van der Waals surface area (Å²) in [6, 6.07) is 4.75. The van der Waals surface area contributed by atoms with E-state index >= 15 is 0 Å². The molecule has 0 unspecified atom stereocenters. The van der Waals surface area contributed by atoms with Crippen LogP contribution in [0.1, 0.15) is 76.0 Å². The molecule has 0 spiro atoms. The number of rotatable bonds is 4. The van der Waals surface area contributed by atoms with Crippen molar-refractivity contribution in [1.29, 1.82) is 0 Å². The standard InChI is InChI=1S/C15H23P.Co/c1-9(2)12-7-13(10(3)4)15(16)14(8-12)11(5)6;/h7-11H,1-6H3;. The van der Waals surface area contributed by atoms with Crippen LogP contribution in [0.4, 0.5) is 0 Å². The van der Waals surface area contributed by atoms with Gasteiger partial charge in [-0.2, -0.15) is 0 Å². The Morgan fingerprint density at radius 3 is 1.47 bits per heavy atom. The van der Waals surface area contributed by atoms with Gasteiger partial charge in [-0.1, -0.05) is 0 Å². The van der Waals surface area contributed by atoms with Gasteiger partial charge in [0.15, 0.2) is 0 Å². The molecule has 97 valence electrons. The summed E-state index contributed by atoms with van der Waals surface area (Å²) in [5, 5.41) is 1.42. The molecule has 0 atom stereocenters. The zero-order chi connectivity index (χ0) is 13.2. The summed E-state index contributed by atoms with van der Waals surface area (Å²) in [5.41, 5.74) is 4.39. The fourth-order valence-corrected chi connectivity index (χ4v) is 3.63. The van der Waals surface area contributed by atoms with Crippen molar-refractivity contribution in [2.24, 2.45) is 0 Å². The zero-order valence-electron chi connectivity index (χ0n) is 11.7. The van der Waals surface area contributed by atoms with E-state index in [1.807, 2.05) is 0 Å². The third-order valence-electron chi connectivity index (χ3n) is 3.18. The maximum atomic E-state index is 4.55. The van der Waals surface area contributed by atoms with E-state index in [-0.39, 0.29) is 0 Å². The van der Waals surface area contributed by atoms with E-state index in [0.29, 0.717) is 17.8 Å². The molecule has 0 N–H and O–H groups in total. The second kappa shape index (κ2) is 6.27. The summed E-state index contributed by atoms with van der Waals surface area (Å²) in [4.78, 5) is 0. The van der Waals surface area contributed by atoms with Gasteiger partial charge in [0.2, 0.25) is 0 Å². The van der Waals surface area contributed by atoms with Crippen molar-refractivity contribution in [2.45, 2.75) is 59.3 Å². The summed E-state index contributed by atoms with van der Waals surface area (Å²) in [5.74, 6) is 1.73. The van der Waals surface area contributed by atoms with Crippen LogP contribution in [0.5, 0.6) is 0 Å². The Hall–Kier alpha value is 0.0265. The number of hydrogen-bond donors (Lipinski definition) is 0. The topological polar surface area (TPSA) is 0 Å². The van der Waals surface area contributed by atoms with Crippen molar-refractivity contribution < 1.29 is 14.8 Å². The molecule has 0 bridgehead atoms. The maximum absolute atomic E-state index is 4.55. The van der Waals surface area contributed by atoms with Gasteiger partial charge in [0, 0.05) is 0 Å². The minimum absolute atomic E-state index is 0.569. The summed E-state index contributed by atoms with van der Waals surface area (Å²) in [7, 11) is 0. The molecule has 0 aliphatic heterocycles. The average molecular weight is 293 g/mol. The van der Waals surface area contributed by atoms with Gasteiger partial charge in [-0.05, 0) is 0 Å². The zero-order valence-corrected chi connectivity index (χ0v) is 13.6. The van der Waals surface area contributed by atoms with Crippen LogP contribution in [0.15, 0.2) is 12.1 Å². The van der Waals surface area contributed by atoms with Crippen molar-refractivity contribution in [3.05, 3.63) is 28.8 Å². The van der Waals surface area contributed by atoms with E-state index in [4.69, 9.17) is 0 Å². The van der Waals surface area contributed by atoms with Crippen LogP contribution in [0, 0.1) is 0 Å². The van der Waals surface area contributed by atoms with E-state index in [0.717, 1.165) is 6.87 Å². The number of hydrogen-bond acceptors (Lipinski definition) is 0. The molecule has 1 aromatic rings. The van der Waals surface area contributed by atoms with Crippen LogP contribution in [-0.2, 0) is 14.8 Å². The van der Waals surface area contributed by atoms with Crippen LogP contribution in [0.3, 0.4) is 0 Å². The molecule has 0 amide bonds. The van der Waals surface area contributed by atoms with Gasteiger partial charge in [0.05, 0.1) is 0 Å². The summed E-state index contributed by atoms with van der Waals surface area (Å²) in [6.07, 6.45) is 0. The predicted molar refractivity (Wildman–Crippen MR) is 75.3 cm³/mol. The Kier molecular flexibility index (Phi) is 5.56. The molecule has 0 saturated carbocycles. The second-order valence-corrected chi connectivity index (χ2v) is 6.88. The van der Waals surface area contributed by atoms with Crippen LogP contribution >= 0.6 is 6.87 Å². The van der Waals surface area contributed by atoms with E-state index in [1.165, 1.54) is 22.0 Å². The number of benzene rings is 1. The molecule has 0 heterocycles. The Morgan fingerprint density at radius 1 is 0.824 bits per heavy atom. The Bertz CT molecular complexity index is 376. The SMILES string of the molecule is CC(C)c1cc(C(C)C)c([P]=[Co])c(C(C)C)c1. The molecule has 0 aliphatic carbocycles. The Labute approximate surface area is 115 Å². The van der Waals surface area contributed by atoms with Gasteiger partial charge in [0.1, 0.15) is 0 Å². The van der Waals surface area contributed by atoms with E-state index in [2.05, 4.69) is 68.5 Å². The minimum atomic E-state index is 0.569. The molecular formula is C15H23CoP. The van der Waals surface area contributed by atoms with E-state index in [1.54, 1.807) is 0 Å². The fourth-order valence-electron chi connectivity index (χ4n) is 2.00. The molecule has 0 nitrogen and oxygen atoms in total. The van der Waals surface area contributed by atoms with Crippen LogP contribution in [0.25, 0.3) is 0 Å². The first-order valence-electron chi connectivity index (χ1n) is 6.36. The van der Waals surface area contributed by atoms with Crippen molar-refractivity contribution in [3.63, 3.8) is 0 Å². The second-order valence-electron chi connectivity index (χ2n) is 5.59. The summed E-state index contributed by atoms with van der Waals surface area (Å²) in [6.45, 7) is 14.7.